The number of carbonyl (C=O) groups excluding carboxylic acids is 1. The van der Waals surface area contributed by atoms with Gasteiger partial charge < -0.3 is 0 Å². The van der Waals surface area contributed by atoms with Gasteiger partial charge in [0.15, 0.2) is 0 Å². The number of hydrogen-bond donors (Lipinski definition) is 0. The van der Waals surface area contributed by atoms with Crippen LogP contribution < -0.4 is 0 Å². The Labute approximate surface area is 113 Å². The Morgan fingerprint density at radius 1 is 1.26 bits per heavy atom. The molecule has 4 heteroatoms. The van der Waals surface area contributed by atoms with E-state index in [9.17, 15) is 4.79 Å². The summed E-state index contributed by atoms with van der Waals surface area (Å²) >= 11 is 0. The lowest BCUT2D eigenvalue weighted by Crippen LogP contribution is -2.34. The van der Waals surface area contributed by atoms with Gasteiger partial charge in [0.2, 0.25) is 0 Å². The average Bonchev–Trinajstić information content (AvgIpc) is 2.89. The number of rotatable bonds is 3. The van der Waals surface area contributed by atoms with Gasteiger partial charge in [-0.3, -0.25) is 4.79 Å². The van der Waals surface area contributed by atoms with Crippen LogP contribution in [0.2, 0.25) is 0 Å². The first kappa shape index (κ1) is 13.5. The van der Waals surface area contributed by atoms with E-state index in [4.69, 9.17) is 0 Å². The average molecular weight is 257 g/mol. The molecule has 0 aliphatic carbocycles. The molecule has 0 radical (unpaired) electrons. The van der Waals surface area contributed by atoms with Crippen molar-refractivity contribution in [3.8, 4) is 0 Å². The van der Waals surface area contributed by atoms with Crippen molar-refractivity contribution in [1.82, 2.24) is 14.8 Å². The minimum absolute atomic E-state index is 0.00569. The molecule has 1 atom stereocenters. The van der Waals surface area contributed by atoms with E-state index >= 15 is 0 Å². The van der Waals surface area contributed by atoms with Crippen molar-refractivity contribution in [3.05, 3.63) is 48.5 Å². The predicted octanol–water partition coefficient (Wildman–Crippen LogP) is 2.82. The van der Waals surface area contributed by atoms with E-state index in [-0.39, 0.29) is 17.2 Å². The molecule has 0 aliphatic heterocycles. The number of hydrogen-bond acceptors (Lipinski definition) is 3. The maximum atomic E-state index is 12.5. The van der Waals surface area contributed by atoms with Crippen LogP contribution >= 0.6 is 0 Å². The van der Waals surface area contributed by atoms with Crippen LogP contribution in [0, 0.1) is 11.3 Å². The number of nitrogens with zero attached hydrogens (tertiary/aromatic N) is 3. The summed E-state index contributed by atoms with van der Waals surface area (Å²) in [4.78, 5) is 16.4. The van der Waals surface area contributed by atoms with Crippen molar-refractivity contribution in [2.24, 2.45) is 11.3 Å². The van der Waals surface area contributed by atoms with Gasteiger partial charge in [0.05, 0.1) is 0 Å². The molecule has 1 aromatic carbocycles. The zero-order valence-electron chi connectivity index (χ0n) is 11.6. The molecule has 1 heterocycles. The quantitative estimate of drug-likeness (QED) is 0.849. The Morgan fingerprint density at radius 3 is 2.47 bits per heavy atom. The maximum Gasteiger partial charge on any atom is 0.252 e. The van der Waals surface area contributed by atoms with Crippen molar-refractivity contribution in [3.63, 3.8) is 0 Å². The molecule has 0 saturated carbocycles. The Morgan fingerprint density at radius 2 is 1.95 bits per heavy atom. The number of carbonyl (C=O) groups is 1. The van der Waals surface area contributed by atoms with Crippen molar-refractivity contribution >= 4 is 5.91 Å². The molecule has 2 rings (SSSR count). The van der Waals surface area contributed by atoms with E-state index in [0.717, 1.165) is 5.56 Å². The molecule has 0 saturated heterocycles. The van der Waals surface area contributed by atoms with Crippen LogP contribution in [0.15, 0.2) is 43.0 Å². The van der Waals surface area contributed by atoms with Gasteiger partial charge in [-0.1, -0.05) is 51.1 Å². The fourth-order valence-corrected chi connectivity index (χ4v) is 2.10. The smallest absolute Gasteiger partial charge is 0.252 e. The molecule has 1 unspecified atom stereocenters. The second-order valence-electron chi connectivity index (χ2n) is 5.79. The van der Waals surface area contributed by atoms with E-state index in [1.807, 2.05) is 30.3 Å². The zero-order chi connectivity index (χ0) is 13.9. The van der Waals surface area contributed by atoms with E-state index in [1.54, 1.807) is 0 Å². The molecule has 0 amide bonds. The van der Waals surface area contributed by atoms with Crippen molar-refractivity contribution < 1.29 is 4.79 Å². The van der Waals surface area contributed by atoms with E-state index < -0.39 is 0 Å². The molecule has 0 bridgehead atoms. The summed E-state index contributed by atoms with van der Waals surface area (Å²) in [5, 5.41) is 3.95. The summed E-state index contributed by atoms with van der Waals surface area (Å²) in [5.41, 5.74) is 1.04. The topological polar surface area (TPSA) is 47.8 Å². The lowest BCUT2D eigenvalue weighted by atomic mass is 9.76. The SMILES string of the molecule is CC(C)(C)C(Cc1ccccc1)C(=O)n1cncn1. The van der Waals surface area contributed by atoms with Crippen molar-refractivity contribution in [2.75, 3.05) is 0 Å². The summed E-state index contributed by atoms with van der Waals surface area (Å²) in [6.07, 6.45) is 3.56. The second kappa shape index (κ2) is 5.34. The highest BCUT2D eigenvalue weighted by atomic mass is 16.2. The van der Waals surface area contributed by atoms with Gasteiger partial charge in [-0.2, -0.15) is 9.78 Å². The van der Waals surface area contributed by atoms with E-state index in [1.165, 1.54) is 17.3 Å². The van der Waals surface area contributed by atoms with Crippen LogP contribution in [-0.2, 0) is 6.42 Å². The fourth-order valence-electron chi connectivity index (χ4n) is 2.10. The number of benzene rings is 1. The monoisotopic (exact) mass is 257 g/mol. The second-order valence-corrected chi connectivity index (χ2v) is 5.79. The third-order valence-electron chi connectivity index (χ3n) is 3.27. The number of aromatic nitrogens is 3. The Bertz CT molecular complexity index is 526. The van der Waals surface area contributed by atoms with Gasteiger partial charge in [0, 0.05) is 5.92 Å². The predicted molar refractivity (Wildman–Crippen MR) is 73.7 cm³/mol. The largest absolute Gasteiger partial charge is 0.272 e. The van der Waals surface area contributed by atoms with Crippen LogP contribution in [0.25, 0.3) is 0 Å². The molecular weight excluding hydrogens is 238 g/mol. The van der Waals surface area contributed by atoms with E-state index in [0.29, 0.717) is 6.42 Å². The lowest BCUT2D eigenvalue weighted by Gasteiger charge is -2.29. The van der Waals surface area contributed by atoms with Gasteiger partial charge >= 0.3 is 0 Å². The van der Waals surface area contributed by atoms with Crippen LogP contribution in [0.5, 0.6) is 0 Å². The highest BCUT2D eigenvalue weighted by molar-refractivity contribution is 5.81. The van der Waals surface area contributed by atoms with Gasteiger partial charge in [-0.25, -0.2) is 4.98 Å². The first-order valence-electron chi connectivity index (χ1n) is 6.41. The summed E-state index contributed by atoms with van der Waals surface area (Å²) in [6.45, 7) is 6.24. The Kier molecular flexibility index (Phi) is 3.79. The normalized spacial score (nSPS) is 13.2. The minimum atomic E-state index is -0.128. The fraction of sp³-hybridized carbons (Fsp3) is 0.400. The van der Waals surface area contributed by atoms with Gasteiger partial charge in [0.1, 0.15) is 12.7 Å². The van der Waals surface area contributed by atoms with Crippen LogP contribution in [0.1, 0.15) is 31.1 Å². The lowest BCUT2D eigenvalue weighted by molar-refractivity contribution is 0.0706. The van der Waals surface area contributed by atoms with Crippen LogP contribution in [0.4, 0.5) is 0 Å². The highest BCUT2D eigenvalue weighted by Crippen LogP contribution is 2.30. The summed E-state index contributed by atoms with van der Waals surface area (Å²) < 4.78 is 1.33. The first-order valence-corrected chi connectivity index (χ1v) is 6.41. The third kappa shape index (κ3) is 3.28. The van der Waals surface area contributed by atoms with Crippen LogP contribution in [0.3, 0.4) is 0 Å². The molecule has 0 spiro atoms. The van der Waals surface area contributed by atoms with Crippen molar-refractivity contribution in [2.45, 2.75) is 27.2 Å². The standard InChI is InChI=1S/C15H19N3O/c1-15(2,3)13(9-12-7-5-4-6-8-12)14(19)18-11-16-10-17-18/h4-8,10-11,13H,9H2,1-3H3. The highest BCUT2D eigenvalue weighted by Gasteiger charge is 2.32. The van der Waals surface area contributed by atoms with Gasteiger partial charge in [-0.15, -0.1) is 0 Å². The summed E-state index contributed by atoms with van der Waals surface area (Å²) in [6, 6.07) is 10.1. The molecule has 0 N–H and O–H groups in total. The Hall–Kier alpha value is -1.97. The van der Waals surface area contributed by atoms with Gasteiger partial charge in [0.25, 0.3) is 5.91 Å². The maximum absolute atomic E-state index is 12.5. The molecule has 0 aliphatic rings. The Balaban J connectivity index is 2.25. The molecular formula is C15H19N3O. The summed E-state index contributed by atoms with van der Waals surface area (Å²) in [5.74, 6) is -0.134. The molecule has 19 heavy (non-hydrogen) atoms. The van der Waals surface area contributed by atoms with Crippen molar-refractivity contribution in [1.29, 1.82) is 0 Å². The van der Waals surface area contributed by atoms with Gasteiger partial charge in [-0.05, 0) is 17.4 Å². The minimum Gasteiger partial charge on any atom is -0.272 e. The van der Waals surface area contributed by atoms with Crippen LogP contribution in [-0.4, -0.2) is 20.7 Å². The molecule has 100 valence electrons. The first-order chi connectivity index (χ1) is 8.98. The zero-order valence-corrected chi connectivity index (χ0v) is 11.6. The molecule has 1 aromatic heterocycles. The molecule has 4 nitrogen and oxygen atoms in total. The third-order valence-corrected chi connectivity index (χ3v) is 3.27. The summed E-state index contributed by atoms with van der Waals surface area (Å²) in [7, 11) is 0. The molecule has 0 fully saturated rings. The molecule has 2 aromatic rings. The van der Waals surface area contributed by atoms with E-state index in [2.05, 4.69) is 30.9 Å².